The maximum absolute atomic E-state index is 14.0. The summed E-state index contributed by atoms with van der Waals surface area (Å²) in [5.74, 6) is -1.31. The molecule has 2 aliphatic heterocycles. The number of amides is 1. The first-order chi connectivity index (χ1) is 17.0. The highest BCUT2D eigenvalue weighted by atomic mass is 19.1. The molecule has 0 aliphatic carbocycles. The van der Waals surface area contributed by atoms with Crippen LogP contribution in [0.4, 0.5) is 14.5 Å². The van der Waals surface area contributed by atoms with Crippen molar-refractivity contribution in [2.75, 3.05) is 37.6 Å². The highest BCUT2D eigenvalue weighted by Crippen LogP contribution is 2.25. The maximum Gasteiger partial charge on any atom is 0.273 e. The van der Waals surface area contributed by atoms with E-state index in [9.17, 15) is 13.6 Å². The highest BCUT2D eigenvalue weighted by molar-refractivity contribution is 5.93. The lowest BCUT2D eigenvalue weighted by Crippen LogP contribution is -2.38. The smallest absolute Gasteiger partial charge is 0.273 e. The van der Waals surface area contributed by atoms with Gasteiger partial charge in [-0.05, 0) is 74.5 Å². The summed E-state index contributed by atoms with van der Waals surface area (Å²) in [6.07, 6.45) is 4.59. The Labute approximate surface area is 203 Å². The Morgan fingerprint density at radius 1 is 1.00 bits per heavy atom. The second kappa shape index (κ2) is 10.6. The van der Waals surface area contributed by atoms with E-state index in [2.05, 4.69) is 44.5 Å². The van der Waals surface area contributed by atoms with E-state index in [1.165, 1.54) is 36.2 Å². The standard InChI is InChI=1S/C27H30F2N4O2/c28-21-5-8-23(24(29)15-21)26-16-25(31-35-26)27(34)30-17-19-9-13-32(14-10-19)18-20-3-6-22(7-4-20)33-11-1-2-12-33/h3-8,15-16,19H,1-2,9-14,17-18H2,(H,30,34). The van der Waals surface area contributed by atoms with Gasteiger partial charge in [0.1, 0.15) is 11.6 Å². The third-order valence-corrected chi connectivity index (χ3v) is 7.01. The monoisotopic (exact) mass is 480 g/mol. The molecule has 6 nitrogen and oxygen atoms in total. The normalized spacial score (nSPS) is 17.1. The highest BCUT2D eigenvalue weighted by Gasteiger charge is 2.22. The Bertz CT molecular complexity index is 1150. The van der Waals surface area contributed by atoms with Crippen LogP contribution >= 0.6 is 0 Å². The minimum Gasteiger partial charge on any atom is -0.372 e. The van der Waals surface area contributed by atoms with Crippen LogP contribution in [-0.4, -0.2) is 48.7 Å². The second-order valence-electron chi connectivity index (χ2n) is 9.49. The molecule has 1 aromatic heterocycles. The number of hydrogen-bond donors (Lipinski definition) is 1. The van der Waals surface area contributed by atoms with Crippen molar-refractivity contribution in [3.63, 3.8) is 0 Å². The first kappa shape index (κ1) is 23.5. The number of likely N-dealkylation sites (tertiary alicyclic amines) is 1. The van der Waals surface area contributed by atoms with Crippen LogP contribution in [0.25, 0.3) is 11.3 Å². The molecule has 2 aromatic carbocycles. The summed E-state index contributed by atoms with van der Waals surface area (Å²) in [6, 6.07) is 13.5. The molecule has 0 bridgehead atoms. The Kier molecular flexibility index (Phi) is 7.08. The van der Waals surface area contributed by atoms with Gasteiger partial charge in [0.2, 0.25) is 0 Å². The van der Waals surface area contributed by atoms with Gasteiger partial charge in [-0.15, -0.1) is 0 Å². The fraction of sp³-hybridized carbons (Fsp3) is 0.407. The summed E-state index contributed by atoms with van der Waals surface area (Å²) in [5.41, 5.74) is 2.80. The van der Waals surface area contributed by atoms with E-state index in [4.69, 9.17) is 4.52 Å². The molecule has 2 saturated heterocycles. The number of benzene rings is 2. The number of halogens is 2. The minimum absolute atomic E-state index is 0.0657. The second-order valence-corrected chi connectivity index (χ2v) is 9.49. The first-order valence-electron chi connectivity index (χ1n) is 12.3. The van der Waals surface area contributed by atoms with Crippen LogP contribution in [0.2, 0.25) is 0 Å². The van der Waals surface area contributed by atoms with Crippen molar-refractivity contribution in [3.8, 4) is 11.3 Å². The van der Waals surface area contributed by atoms with E-state index in [1.54, 1.807) is 0 Å². The molecule has 2 fully saturated rings. The average molecular weight is 481 g/mol. The molecule has 5 rings (SSSR count). The van der Waals surface area contributed by atoms with Gasteiger partial charge in [-0.2, -0.15) is 0 Å². The predicted octanol–water partition coefficient (Wildman–Crippen LogP) is 4.86. The zero-order valence-electron chi connectivity index (χ0n) is 19.7. The summed E-state index contributed by atoms with van der Waals surface area (Å²) in [5, 5.41) is 6.67. The van der Waals surface area contributed by atoms with E-state index < -0.39 is 11.6 Å². The molecule has 0 unspecified atom stereocenters. The number of piperidine rings is 1. The van der Waals surface area contributed by atoms with Crippen LogP contribution in [0.3, 0.4) is 0 Å². The Morgan fingerprint density at radius 2 is 1.74 bits per heavy atom. The number of nitrogens with one attached hydrogen (secondary N) is 1. The van der Waals surface area contributed by atoms with Crippen LogP contribution in [0.1, 0.15) is 41.7 Å². The number of aromatic nitrogens is 1. The molecule has 35 heavy (non-hydrogen) atoms. The third kappa shape index (κ3) is 5.70. The number of carbonyl (C=O) groups is 1. The molecule has 0 spiro atoms. The van der Waals surface area contributed by atoms with Crippen molar-refractivity contribution in [3.05, 3.63) is 71.4 Å². The number of nitrogens with zero attached hydrogens (tertiary/aromatic N) is 3. The quantitative estimate of drug-likeness (QED) is 0.523. The molecule has 8 heteroatoms. The van der Waals surface area contributed by atoms with Gasteiger partial charge in [0.05, 0.1) is 5.56 Å². The molecule has 1 amide bonds. The molecule has 184 valence electrons. The van der Waals surface area contributed by atoms with Gasteiger partial charge < -0.3 is 14.7 Å². The number of anilines is 1. The van der Waals surface area contributed by atoms with E-state index in [0.717, 1.165) is 57.7 Å². The minimum atomic E-state index is -0.762. The Balaban J connectivity index is 1.07. The van der Waals surface area contributed by atoms with Gasteiger partial charge in [-0.3, -0.25) is 9.69 Å². The van der Waals surface area contributed by atoms with Crippen molar-refractivity contribution < 1.29 is 18.1 Å². The van der Waals surface area contributed by atoms with Crippen molar-refractivity contribution in [1.82, 2.24) is 15.4 Å². The maximum atomic E-state index is 14.0. The lowest BCUT2D eigenvalue weighted by atomic mass is 9.96. The molecular weight excluding hydrogens is 450 g/mol. The van der Waals surface area contributed by atoms with Gasteiger partial charge in [0.25, 0.3) is 5.91 Å². The number of rotatable bonds is 7. The van der Waals surface area contributed by atoms with E-state index >= 15 is 0 Å². The average Bonchev–Trinajstić information content (AvgIpc) is 3.57. The molecule has 0 atom stereocenters. The molecule has 0 radical (unpaired) electrons. The fourth-order valence-electron chi connectivity index (χ4n) is 4.92. The predicted molar refractivity (Wildman–Crippen MR) is 130 cm³/mol. The van der Waals surface area contributed by atoms with Gasteiger partial charge in [-0.1, -0.05) is 17.3 Å². The first-order valence-corrected chi connectivity index (χ1v) is 12.3. The van der Waals surface area contributed by atoms with Crippen LogP contribution in [0.15, 0.2) is 53.1 Å². The summed E-state index contributed by atoms with van der Waals surface area (Å²) in [7, 11) is 0. The SMILES string of the molecule is O=C(NCC1CCN(Cc2ccc(N3CCCC3)cc2)CC1)c1cc(-c2ccc(F)cc2F)on1. The van der Waals surface area contributed by atoms with E-state index in [-0.39, 0.29) is 22.9 Å². The Hall–Kier alpha value is -3.26. The zero-order chi connectivity index (χ0) is 24.2. The topological polar surface area (TPSA) is 61.6 Å². The Morgan fingerprint density at radius 3 is 2.46 bits per heavy atom. The van der Waals surface area contributed by atoms with Gasteiger partial charge in [0.15, 0.2) is 11.5 Å². The number of carbonyl (C=O) groups excluding carboxylic acids is 1. The third-order valence-electron chi connectivity index (χ3n) is 7.01. The fourth-order valence-corrected chi connectivity index (χ4v) is 4.92. The molecular formula is C27H30F2N4O2. The number of hydrogen-bond acceptors (Lipinski definition) is 5. The van der Waals surface area contributed by atoms with Gasteiger partial charge in [0, 0.05) is 44.0 Å². The van der Waals surface area contributed by atoms with Crippen molar-refractivity contribution in [2.24, 2.45) is 5.92 Å². The summed E-state index contributed by atoms with van der Waals surface area (Å²) in [6.45, 7) is 5.81. The lowest BCUT2D eigenvalue weighted by Gasteiger charge is -2.32. The van der Waals surface area contributed by atoms with E-state index in [0.29, 0.717) is 12.5 Å². The molecule has 3 heterocycles. The van der Waals surface area contributed by atoms with Crippen LogP contribution in [0.5, 0.6) is 0 Å². The summed E-state index contributed by atoms with van der Waals surface area (Å²) in [4.78, 5) is 17.4. The zero-order valence-corrected chi connectivity index (χ0v) is 19.7. The van der Waals surface area contributed by atoms with Crippen LogP contribution in [-0.2, 0) is 6.54 Å². The summed E-state index contributed by atoms with van der Waals surface area (Å²) >= 11 is 0. The van der Waals surface area contributed by atoms with Gasteiger partial charge in [-0.25, -0.2) is 8.78 Å². The summed E-state index contributed by atoms with van der Waals surface area (Å²) < 4.78 is 32.2. The largest absolute Gasteiger partial charge is 0.372 e. The molecule has 3 aromatic rings. The molecule has 2 aliphatic rings. The van der Waals surface area contributed by atoms with Crippen molar-refractivity contribution >= 4 is 11.6 Å². The van der Waals surface area contributed by atoms with Crippen molar-refractivity contribution in [1.29, 1.82) is 0 Å². The molecule has 0 saturated carbocycles. The van der Waals surface area contributed by atoms with Crippen LogP contribution in [0, 0.1) is 17.6 Å². The van der Waals surface area contributed by atoms with E-state index in [1.807, 2.05) is 0 Å². The van der Waals surface area contributed by atoms with Crippen LogP contribution < -0.4 is 10.2 Å². The molecule has 1 N–H and O–H groups in total. The van der Waals surface area contributed by atoms with Crippen molar-refractivity contribution in [2.45, 2.75) is 32.2 Å². The lowest BCUT2D eigenvalue weighted by molar-refractivity contribution is 0.0926. The van der Waals surface area contributed by atoms with Gasteiger partial charge >= 0.3 is 0 Å².